The van der Waals surface area contributed by atoms with E-state index in [-0.39, 0.29) is 5.54 Å². The van der Waals surface area contributed by atoms with Crippen molar-refractivity contribution in [3.8, 4) is 0 Å². The van der Waals surface area contributed by atoms with Crippen molar-refractivity contribution < 1.29 is 0 Å². The van der Waals surface area contributed by atoms with Crippen LogP contribution in [0.4, 0.5) is 17.3 Å². The highest BCUT2D eigenvalue weighted by molar-refractivity contribution is 5.74. The zero-order valence-corrected chi connectivity index (χ0v) is 13.4. The Bertz CT molecular complexity index is 521. The molecule has 1 aromatic rings. The van der Waals surface area contributed by atoms with Gasteiger partial charge < -0.3 is 16.4 Å². The Balaban J connectivity index is 1.56. The van der Waals surface area contributed by atoms with Crippen LogP contribution in [0.1, 0.15) is 51.9 Å². The van der Waals surface area contributed by atoms with Crippen LogP contribution in [0.5, 0.6) is 0 Å². The van der Waals surface area contributed by atoms with Crippen LogP contribution in [0.3, 0.4) is 0 Å². The quantitative estimate of drug-likeness (QED) is 0.778. The fourth-order valence-corrected chi connectivity index (χ4v) is 5.39. The van der Waals surface area contributed by atoms with E-state index in [0.717, 1.165) is 42.4 Å². The number of nitrogens with one attached hydrogen (secondary N) is 2. The minimum Gasteiger partial charge on any atom is -0.393 e. The van der Waals surface area contributed by atoms with Crippen LogP contribution in [0.15, 0.2) is 6.33 Å². The average Bonchev–Trinajstić information content (AvgIpc) is 2.46. The Labute approximate surface area is 132 Å². The van der Waals surface area contributed by atoms with Crippen LogP contribution >= 0.6 is 0 Å². The molecule has 0 radical (unpaired) electrons. The molecule has 4 aliphatic rings. The van der Waals surface area contributed by atoms with Crippen molar-refractivity contribution in [3.63, 3.8) is 0 Å². The smallest absolute Gasteiger partial charge is 0.155 e. The topological polar surface area (TPSA) is 75.9 Å². The summed E-state index contributed by atoms with van der Waals surface area (Å²) in [5.41, 5.74) is 7.21. The van der Waals surface area contributed by atoms with E-state index in [1.807, 2.05) is 0 Å². The van der Waals surface area contributed by atoms with Crippen molar-refractivity contribution in [1.29, 1.82) is 0 Å². The molecule has 0 saturated heterocycles. The van der Waals surface area contributed by atoms with E-state index in [1.54, 1.807) is 6.33 Å². The summed E-state index contributed by atoms with van der Waals surface area (Å²) in [6, 6.07) is 0. The predicted octanol–water partition coefficient (Wildman–Crippen LogP) is 3.26. The Morgan fingerprint density at radius 3 is 2.27 bits per heavy atom. The van der Waals surface area contributed by atoms with E-state index >= 15 is 0 Å². The lowest BCUT2D eigenvalue weighted by Crippen LogP contribution is -2.55. The van der Waals surface area contributed by atoms with Crippen LogP contribution in [-0.4, -0.2) is 22.1 Å². The molecule has 4 fully saturated rings. The average molecular weight is 301 g/mol. The molecule has 22 heavy (non-hydrogen) atoms. The van der Waals surface area contributed by atoms with Gasteiger partial charge in [0.2, 0.25) is 0 Å². The third-order valence-corrected chi connectivity index (χ3v) is 5.85. The highest BCUT2D eigenvalue weighted by atomic mass is 15.1. The molecule has 1 aromatic heterocycles. The minimum atomic E-state index is 0.235. The standard InChI is InChI=1S/C17H27N5/c1-2-3-19-15-14(18)16(21-10-20-15)22-17-7-11-4-12(8-17)6-13(5-11)9-17/h10-13H,2-9,18H2,1H3,(H2,19,20,21,22). The van der Waals surface area contributed by atoms with Gasteiger partial charge in [-0.2, -0.15) is 0 Å². The number of hydrogen-bond acceptors (Lipinski definition) is 5. The lowest BCUT2D eigenvalue weighted by molar-refractivity contribution is 0.0106. The first kappa shape index (κ1) is 14.1. The van der Waals surface area contributed by atoms with E-state index in [4.69, 9.17) is 5.73 Å². The number of hydrogen-bond donors (Lipinski definition) is 3. The van der Waals surface area contributed by atoms with Gasteiger partial charge in [-0.15, -0.1) is 0 Å². The fraction of sp³-hybridized carbons (Fsp3) is 0.765. The molecule has 1 heterocycles. The van der Waals surface area contributed by atoms with Gasteiger partial charge in [0.05, 0.1) is 0 Å². The maximum absolute atomic E-state index is 6.30. The minimum absolute atomic E-state index is 0.235. The lowest BCUT2D eigenvalue weighted by atomic mass is 9.53. The van der Waals surface area contributed by atoms with Gasteiger partial charge in [0.15, 0.2) is 11.6 Å². The molecule has 0 aliphatic heterocycles. The van der Waals surface area contributed by atoms with Crippen LogP contribution in [-0.2, 0) is 0 Å². The second-order valence-electron chi connectivity index (χ2n) is 7.73. The molecular weight excluding hydrogens is 274 g/mol. The van der Waals surface area contributed by atoms with Crippen LogP contribution in [0.2, 0.25) is 0 Å². The van der Waals surface area contributed by atoms with Gasteiger partial charge in [0.25, 0.3) is 0 Å². The monoisotopic (exact) mass is 301 g/mol. The van der Waals surface area contributed by atoms with Gasteiger partial charge in [-0.25, -0.2) is 9.97 Å². The number of nitrogens with two attached hydrogens (primary N) is 1. The molecule has 4 aliphatic carbocycles. The van der Waals surface area contributed by atoms with E-state index in [2.05, 4.69) is 27.5 Å². The summed E-state index contributed by atoms with van der Waals surface area (Å²) in [6.45, 7) is 3.02. The Kier molecular flexibility index (Phi) is 3.39. The number of nitrogens with zero attached hydrogens (tertiary/aromatic N) is 2. The van der Waals surface area contributed by atoms with Gasteiger partial charge in [-0.1, -0.05) is 6.92 Å². The van der Waals surface area contributed by atoms with Crippen molar-refractivity contribution in [1.82, 2.24) is 9.97 Å². The number of aromatic nitrogens is 2. The van der Waals surface area contributed by atoms with Crippen LogP contribution in [0, 0.1) is 17.8 Å². The zero-order chi connectivity index (χ0) is 15.2. The molecule has 120 valence electrons. The molecule has 4 N–H and O–H groups in total. The Morgan fingerprint density at radius 2 is 1.68 bits per heavy atom. The van der Waals surface area contributed by atoms with E-state index in [1.165, 1.54) is 38.5 Å². The van der Waals surface area contributed by atoms with E-state index in [0.29, 0.717) is 5.69 Å². The summed E-state index contributed by atoms with van der Waals surface area (Å²) in [6.07, 6.45) is 10.9. The van der Waals surface area contributed by atoms with Crippen molar-refractivity contribution >= 4 is 17.3 Å². The molecule has 4 bridgehead atoms. The lowest BCUT2D eigenvalue weighted by Gasteiger charge is -2.57. The highest BCUT2D eigenvalue weighted by Gasteiger charge is 2.51. The fourth-order valence-electron chi connectivity index (χ4n) is 5.39. The summed E-state index contributed by atoms with van der Waals surface area (Å²) in [5.74, 6) is 4.35. The molecule has 5 rings (SSSR count). The largest absolute Gasteiger partial charge is 0.393 e. The molecule has 0 unspecified atom stereocenters. The van der Waals surface area contributed by atoms with Gasteiger partial charge in [0, 0.05) is 12.1 Å². The molecule has 4 saturated carbocycles. The molecule has 5 heteroatoms. The highest BCUT2D eigenvalue weighted by Crippen LogP contribution is 2.56. The van der Waals surface area contributed by atoms with Crippen molar-refractivity contribution in [3.05, 3.63) is 6.33 Å². The van der Waals surface area contributed by atoms with Crippen LogP contribution in [0.25, 0.3) is 0 Å². The molecule has 0 amide bonds. The summed E-state index contributed by atoms with van der Waals surface area (Å²) >= 11 is 0. The summed E-state index contributed by atoms with van der Waals surface area (Å²) in [4.78, 5) is 8.72. The van der Waals surface area contributed by atoms with Crippen LogP contribution < -0.4 is 16.4 Å². The summed E-state index contributed by atoms with van der Waals surface area (Å²) in [7, 11) is 0. The van der Waals surface area contributed by atoms with E-state index in [9.17, 15) is 0 Å². The normalized spacial score (nSPS) is 35.6. The first-order valence-corrected chi connectivity index (χ1v) is 8.80. The zero-order valence-electron chi connectivity index (χ0n) is 13.4. The maximum atomic E-state index is 6.30. The number of nitrogen functional groups attached to an aromatic ring is 1. The predicted molar refractivity (Wildman–Crippen MR) is 89.8 cm³/mol. The molecule has 0 aromatic carbocycles. The van der Waals surface area contributed by atoms with Gasteiger partial charge in [0.1, 0.15) is 12.0 Å². The third kappa shape index (κ3) is 2.40. The van der Waals surface area contributed by atoms with Crippen molar-refractivity contribution in [2.45, 2.75) is 57.4 Å². The van der Waals surface area contributed by atoms with Gasteiger partial charge in [-0.05, 0) is 62.7 Å². The van der Waals surface area contributed by atoms with Gasteiger partial charge >= 0.3 is 0 Å². The first-order chi connectivity index (χ1) is 10.7. The third-order valence-electron chi connectivity index (χ3n) is 5.85. The van der Waals surface area contributed by atoms with Gasteiger partial charge in [-0.3, -0.25) is 0 Å². The second kappa shape index (κ2) is 5.28. The number of rotatable bonds is 5. The summed E-state index contributed by atoms with van der Waals surface area (Å²) < 4.78 is 0. The van der Waals surface area contributed by atoms with Crippen molar-refractivity contribution in [2.75, 3.05) is 22.9 Å². The Morgan fingerprint density at radius 1 is 1.09 bits per heavy atom. The molecule has 0 atom stereocenters. The SMILES string of the molecule is CCCNc1ncnc(NC23CC4CC(CC(C4)C2)C3)c1N. The molecular formula is C17H27N5. The van der Waals surface area contributed by atoms with Crippen molar-refractivity contribution in [2.24, 2.45) is 17.8 Å². The Hall–Kier alpha value is -1.52. The summed E-state index contributed by atoms with van der Waals surface area (Å²) in [5, 5.41) is 7.05. The number of anilines is 3. The maximum Gasteiger partial charge on any atom is 0.155 e. The molecule has 0 spiro atoms. The second-order valence-corrected chi connectivity index (χ2v) is 7.73. The first-order valence-electron chi connectivity index (χ1n) is 8.80. The van der Waals surface area contributed by atoms with E-state index < -0.39 is 0 Å². The molecule has 5 nitrogen and oxygen atoms in total.